The van der Waals surface area contributed by atoms with Crippen molar-refractivity contribution in [2.45, 2.75) is 39.3 Å². The minimum Gasteiger partial charge on any atom is -0.345 e. The molecule has 2 aromatic rings. The second-order valence-corrected chi connectivity index (χ2v) is 7.98. The number of carbonyl (C=O) groups excluding carboxylic acids is 2. The van der Waals surface area contributed by atoms with Gasteiger partial charge in [0.25, 0.3) is 5.91 Å². The molecule has 2 amide bonds. The van der Waals surface area contributed by atoms with Crippen molar-refractivity contribution < 1.29 is 9.59 Å². The number of nitrogens with zero attached hydrogens (tertiary/aromatic N) is 3. The predicted molar refractivity (Wildman–Crippen MR) is 117 cm³/mol. The van der Waals surface area contributed by atoms with E-state index in [1.54, 1.807) is 19.0 Å². The number of carbonyl (C=O) groups is 2. The molecule has 29 heavy (non-hydrogen) atoms. The van der Waals surface area contributed by atoms with Crippen LogP contribution in [-0.4, -0.2) is 54.8 Å². The molecule has 0 saturated carbocycles. The molecule has 5 nitrogen and oxygen atoms in total. The third kappa shape index (κ3) is 4.85. The minimum absolute atomic E-state index is 0.00294. The lowest BCUT2D eigenvalue weighted by Gasteiger charge is -2.36. The summed E-state index contributed by atoms with van der Waals surface area (Å²) in [6.45, 7) is 6.06. The van der Waals surface area contributed by atoms with Crippen molar-refractivity contribution in [3.8, 4) is 0 Å². The highest BCUT2D eigenvalue weighted by molar-refractivity contribution is 5.96. The molecule has 1 heterocycles. The van der Waals surface area contributed by atoms with Gasteiger partial charge >= 0.3 is 0 Å². The van der Waals surface area contributed by atoms with Crippen LogP contribution in [0.4, 0.5) is 5.69 Å². The van der Waals surface area contributed by atoms with Crippen LogP contribution in [0.1, 0.15) is 41.8 Å². The van der Waals surface area contributed by atoms with Gasteiger partial charge < -0.3 is 9.80 Å². The Hall–Kier alpha value is -2.66. The largest absolute Gasteiger partial charge is 0.345 e. The monoisotopic (exact) mass is 393 g/mol. The Kier molecular flexibility index (Phi) is 6.70. The number of rotatable bonds is 6. The summed E-state index contributed by atoms with van der Waals surface area (Å²) in [6.07, 6.45) is 2.02. The Labute approximate surface area is 173 Å². The SMILES string of the molecule is CCN(CC(=O)N1c2ccccc2CC[C@H]1C)Cc1ccc(C(=O)N(C)C)cc1. The molecular formula is C24H31N3O2. The molecule has 0 bridgehead atoms. The van der Waals surface area contributed by atoms with Gasteiger partial charge in [0.15, 0.2) is 0 Å². The Morgan fingerprint density at radius 2 is 1.76 bits per heavy atom. The third-order valence-electron chi connectivity index (χ3n) is 5.61. The lowest BCUT2D eigenvalue weighted by atomic mass is 9.96. The van der Waals surface area contributed by atoms with E-state index < -0.39 is 0 Å². The zero-order chi connectivity index (χ0) is 21.0. The predicted octanol–water partition coefficient (Wildman–Crippen LogP) is 3.58. The molecular weight excluding hydrogens is 362 g/mol. The quantitative estimate of drug-likeness (QED) is 0.754. The van der Waals surface area contributed by atoms with Crippen molar-refractivity contribution in [1.29, 1.82) is 0 Å². The summed E-state index contributed by atoms with van der Waals surface area (Å²) in [5, 5.41) is 0. The number of aryl methyl sites for hydroxylation is 1. The molecule has 5 heteroatoms. The van der Waals surface area contributed by atoms with Crippen LogP contribution >= 0.6 is 0 Å². The number of anilines is 1. The van der Waals surface area contributed by atoms with Crippen LogP contribution in [0.15, 0.2) is 48.5 Å². The maximum absolute atomic E-state index is 13.2. The van der Waals surface area contributed by atoms with Gasteiger partial charge in [-0.3, -0.25) is 14.5 Å². The maximum Gasteiger partial charge on any atom is 0.253 e. The lowest BCUT2D eigenvalue weighted by Crippen LogP contribution is -2.47. The van der Waals surface area contributed by atoms with Gasteiger partial charge in [0.2, 0.25) is 5.91 Å². The molecule has 0 unspecified atom stereocenters. The van der Waals surface area contributed by atoms with Crippen LogP contribution in [0.2, 0.25) is 0 Å². The Balaban J connectivity index is 1.68. The highest BCUT2D eigenvalue weighted by atomic mass is 16.2. The Bertz CT molecular complexity index is 861. The smallest absolute Gasteiger partial charge is 0.253 e. The first-order valence-electron chi connectivity index (χ1n) is 10.3. The number of para-hydroxylation sites is 1. The van der Waals surface area contributed by atoms with Crippen molar-refractivity contribution >= 4 is 17.5 Å². The van der Waals surface area contributed by atoms with Gasteiger partial charge in [0.05, 0.1) is 6.54 Å². The second kappa shape index (κ2) is 9.23. The van der Waals surface area contributed by atoms with Crippen molar-refractivity contribution in [3.05, 3.63) is 65.2 Å². The third-order valence-corrected chi connectivity index (χ3v) is 5.61. The zero-order valence-corrected chi connectivity index (χ0v) is 17.9. The van der Waals surface area contributed by atoms with Crippen molar-refractivity contribution in [3.63, 3.8) is 0 Å². The standard InChI is InChI=1S/C24H31N3O2/c1-5-26(16-19-11-14-21(15-12-19)24(29)25(3)4)17-23(28)27-18(2)10-13-20-8-6-7-9-22(20)27/h6-9,11-12,14-15,18H,5,10,13,16-17H2,1-4H3/t18-/m1/s1. The van der Waals surface area contributed by atoms with Gasteiger partial charge in [-0.1, -0.05) is 37.3 Å². The Morgan fingerprint density at radius 3 is 2.41 bits per heavy atom. The van der Waals surface area contributed by atoms with E-state index in [0.717, 1.165) is 30.6 Å². The average Bonchev–Trinajstić information content (AvgIpc) is 2.72. The average molecular weight is 394 g/mol. The van der Waals surface area contributed by atoms with E-state index in [4.69, 9.17) is 0 Å². The first-order chi connectivity index (χ1) is 13.9. The van der Waals surface area contributed by atoms with Crippen molar-refractivity contribution in [1.82, 2.24) is 9.80 Å². The van der Waals surface area contributed by atoms with Crippen LogP contribution in [0, 0.1) is 0 Å². The molecule has 2 aromatic carbocycles. The molecule has 0 aliphatic carbocycles. The summed E-state index contributed by atoms with van der Waals surface area (Å²) in [7, 11) is 3.50. The molecule has 0 fully saturated rings. The summed E-state index contributed by atoms with van der Waals surface area (Å²) in [6, 6.07) is 16.1. The van der Waals surface area contributed by atoms with Crippen LogP contribution in [-0.2, 0) is 17.8 Å². The van der Waals surface area contributed by atoms with Gasteiger partial charge in [-0.15, -0.1) is 0 Å². The number of fused-ring (bicyclic) bond motifs is 1. The summed E-state index contributed by atoms with van der Waals surface area (Å²) >= 11 is 0. The fraction of sp³-hybridized carbons (Fsp3) is 0.417. The van der Waals surface area contributed by atoms with Gasteiger partial charge in [0, 0.05) is 37.9 Å². The summed E-state index contributed by atoms with van der Waals surface area (Å²) in [4.78, 5) is 30.9. The topological polar surface area (TPSA) is 43.9 Å². The molecule has 154 valence electrons. The van der Waals surface area contributed by atoms with Crippen LogP contribution in [0.25, 0.3) is 0 Å². The van der Waals surface area contributed by atoms with E-state index in [1.165, 1.54) is 5.56 Å². The molecule has 0 N–H and O–H groups in total. The summed E-state index contributed by atoms with van der Waals surface area (Å²) in [5.74, 6) is 0.141. The van der Waals surface area contributed by atoms with Crippen molar-refractivity contribution in [2.75, 3.05) is 32.1 Å². The highest BCUT2D eigenvalue weighted by Crippen LogP contribution is 2.30. The van der Waals surface area contributed by atoms with Crippen LogP contribution in [0.5, 0.6) is 0 Å². The van der Waals surface area contributed by atoms with Gasteiger partial charge in [-0.25, -0.2) is 0 Å². The van der Waals surface area contributed by atoms with E-state index in [-0.39, 0.29) is 17.9 Å². The van der Waals surface area contributed by atoms with E-state index >= 15 is 0 Å². The number of hydrogen-bond acceptors (Lipinski definition) is 3. The van der Waals surface area contributed by atoms with Crippen molar-refractivity contribution in [2.24, 2.45) is 0 Å². The van der Waals surface area contributed by atoms with Gasteiger partial charge in [0.1, 0.15) is 0 Å². The normalized spacial score (nSPS) is 15.9. The molecule has 0 radical (unpaired) electrons. The number of hydrogen-bond donors (Lipinski definition) is 0. The molecule has 3 rings (SSSR count). The fourth-order valence-electron chi connectivity index (χ4n) is 3.88. The summed E-state index contributed by atoms with van der Waals surface area (Å²) < 4.78 is 0. The molecule has 0 saturated heterocycles. The van der Waals surface area contributed by atoms with E-state index in [1.807, 2.05) is 41.3 Å². The lowest BCUT2D eigenvalue weighted by molar-refractivity contribution is -0.120. The Morgan fingerprint density at radius 1 is 1.07 bits per heavy atom. The number of amides is 2. The molecule has 1 aliphatic heterocycles. The zero-order valence-electron chi connectivity index (χ0n) is 17.9. The minimum atomic E-state index is -0.00294. The fourth-order valence-corrected chi connectivity index (χ4v) is 3.88. The molecule has 0 aromatic heterocycles. The molecule has 1 aliphatic rings. The first-order valence-corrected chi connectivity index (χ1v) is 10.3. The maximum atomic E-state index is 13.2. The van der Waals surface area contributed by atoms with Crippen LogP contribution in [0.3, 0.4) is 0 Å². The van der Waals surface area contributed by atoms with Gasteiger partial charge in [-0.05, 0) is 55.6 Å². The first kappa shape index (κ1) is 21.1. The number of likely N-dealkylation sites (N-methyl/N-ethyl adjacent to an activating group) is 1. The van der Waals surface area contributed by atoms with Crippen LogP contribution < -0.4 is 4.90 Å². The molecule has 0 spiro atoms. The van der Waals surface area contributed by atoms with Gasteiger partial charge in [-0.2, -0.15) is 0 Å². The van der Waals surface area contributed by atoms with E-state index in [9.17, 15) is 9.59 Å². The summed E-state index contributed by atoms with van der Waals surface area (Å²) in [5.41, 5.74) is 4.08. The van der Waals surface area contributed by atoms with E-state index in [0.29, 0.717) is 18.7 Å². The molecule has 1 atom stereocenters. The second-order valence-electron chi connectivity index (χ2n) is 7.98. The number of benzene rings is 2. The highest BCUT2D eigenvalue weighted by Gasteiger charge is 2.28. The van der Waals surface area contributed by atoms with E-state index in [2.05, 4.69) is 30.9 Å².